The van der Waals surface area contributed by atoms with Crippen LogP contribution in [0.4, 0.5) is 8.78 Å². The van der Waals surface area contributed by atoms with Crippen LogP contribution < -0.4 is 5.32 Å². The van der Waals surface area contributed by atoms with Gasteiger partial charge in [-0.2, -0.15) is 0 Å². The van der Waals surface area contributed by atoms with E-state index in [1.54, 1.807) is 0 Å². The van der Waals surface area contributed by atoms with Crippen LogP contribution in [0.3, 0.4) is 0 Å². The van der Waals surface area contributed by atoms with Crippen molar-refractivity contribution in [2.75, 3.05) is 6.61 Å². The molecule has 2 N–H and O–H groups in total. The van der Waals surface area contributed by atoms with Crippen LogP contribution in [0.25, 0.3) is 11.0 Å². The first-order valence-corrected chi connectivity index (χ1v) is 13.4. The number of rotatable bonds is 7. The van der Waals surface area contributed by atoms with E-state index in [1.807, 2.05) is 34.9 Å². The second-order valence-corrected chi connectivity index (χ2v) is 10.4. The van der Waals surface area contributed by atoms with E-state index in [0.717, 1.165) is 75.5 Å². The van der Waals surface area contributed by atoms with E-state index in [1.165, 1.54) is 6.42 Å². The number of benzene rings is 2. The maximum Gasteiger partial charge on any atom is 0.243 e. The molecule has 2 aliphatic rings. The van der Waals surface area contributed by atoms with E-state index >= 15 is 0 Å². The van der Waals surface area contributed by atoms with Crippen LogP contribution >= 0.6 is 0 Å². The van der Waals surface area contributed by atoms with Crippen molar-refractivity contribution in [2.45, 2.75) is 82.2 Å². The molecular formula is C29H35F2N3O2. The zero-order valence-electron chi connectivity index (χ0n) is 20.6. The van der Waals surface area contributed by atoms with Crippen LogP contribution in [0.15, 0.2) is 42.5 Å². The van der Waals surface area contributed by atoms with Crippen molar-refractivity contribution in [1.82, 2.24) is 14.9 Å². The number of hydrogen-bond donors (Lipinski definition) is 2. The lowest BCUT2D eigenvalue weighted by Crippen LogP contribution is -2.44. The van der Waals surface area contributed by atoms with E-state index in [4.69, 9.17) is 4.98 Å². The maximum absolute atomic E-state index is 14.6. The van der Waals surface area contributed by atoms with Gasteiger partial charge in [0.05, 0.1) is 23.6 Å². The molecule has 3 aromatic rings. The van der Waals surface area contributed by atoms with Crippen molar-refractivity contribution in [3.8, 4) is 0 Å². The largest absolute Gasteiger partial charge is 0.395 e. The van der Waals surface area contributed by atoms with Gasteiger partial charge in [0.15, 0.2) is 11.6 Å². The number of aromatic nitrogens is 2. The van der Waals surface area contributed by atoms with Crippen molar-refractivity contribution in [2.24, 2.45) is 5.92 Å². The van der Waals surface area contributed by atoms with Gasteiger partial charge >= 0.3 is 0 Å². The summed E-state index contributed by atoms with van der Waals surface area (Å²) in [5.41, 5.74) is 1.53. The highest BCUT2D eigenvalue weighted by Gasteiger charge is 2.37. The van der Waals surface area contributed by atoms with Gasteiger partial charge in [0, 0.05) is 18.2 Å². The first-order chi connectivity index (χ1) is 17.6. The molecule has 1 amide bonds. The zero-order chi connectivity index (χ0) is 25.1. The number of nitrogens with one attached hydrogen (secondary N) is 1. The van der Waals surface area contributed by atoms with E-state index in [-0.39, 0.29) is 24.5 Å². The van der Waals surface area contributed by atoms with Crippen molar-refractivity contribution in [1.29, 1.82) is 0 Å². The molecule has 2 atom stereocenters. The van der Waals surface area contributed by atoms with Crippen LogP contribution in [0.5, 0.6) is 0 Å². The molecule has 5 nitrogen and oxygen atoms in total. The van der Waals surface area contributed by atoms with Crippen molar-refractivity contribution < 1.29 is 18.7 Å². The van der Waals surface area contributed by atoms with E-state index in [2.05, 4.69) is 5.32 Å². The number of carbonyl (C=O) groups excluding carboxylic acids is 1. The molecule has 1 heterocycles. The van der Waals surface area contributed by atoms with Gasteiger partial charge in [-0.15, -0.1) is 0 Å². The Morgan fingerprint density at radius 2 is 1.61 bits per heavy atom. The summed E-state index contributed by atoms with van der Waals surface area (Å²) in [4.78, 5) is 18.7. The molecule has 2 aromatic carbocycles. The van der Waals surface area contributed by atoms with Crippen LogP contribution in [0.2, 0.25) is 0 Å². The Morgan fingerprint density at radius 3 is 2.28 bits per heavy atom. The average Bonchev–Trinajstić information content (AvgIpc) is 3.24. The van der Waals surface area contributed by atoms with Gasteiger partial charge in [-0.05, 0) is 37.2 Å². The lowest BCUT2D eigenvalue weighted by molar-refractivity contribution is -0.127. The highest BCUT2D eigenvalue weighted by atomic mass is 19.2. The monoisotopic (exact) mass is 495 g/mol. The Hall–Kier alpha value is -2.80. The maximum atomic E-state index is 14.6. The predicted octanol–water partition coefficient (Wildman–Crippen LogP) is 6.01. The standard InChI is InChI=1S/C29H35F2N3O2/c30-23-16-25-26(17-24(23)31)34(28(33-25)22(18-35)19-10-4-1-5-11-19)27(20-12-6-2-7-13-20)29(36)32-21-14-8-3-9-15-21/h1,4-5,10-11,16-17,20-22,27,35H,2-3,6-9,12-15,18H2,(H,32,36). The van der Waals surface area contributed by atoms with Gasteiger partial charge in [0.1, 0.15) is 11.9 Å². The average molecular weight is 496 g/mol. The highest BCUT2D eigenvalue weighted by molar-refractivity contribution is 5.85. The van der Waals surface area contributed by atoms with Crippen molar-refractivity contribution >= 4 is 16.9 Å². The molecule has 2 saturated carbocycles. The quantitative estimate of drug-likeness (QED) is 0.422. The second-order valence-electron chi connectivity index (χ2n) is 10.4. The smallest absolute Gasteiger partial charge is 0.243 e. The fourth-order valence-electron chi connectivity index (χ4n) is 6.19. The van der Waals surface area contributed by atoms with Gasteiger partial charge in [-0.25, -0.2) is 13.8 Å². The zero-order valence-corrected chi connectivity index (χ0v) is 20.6. The molecule has 5 rings (SSSR count). The Kier molecular flexibility index (Phi) is 7.65. The molecule has 0 bridgehead atoms. The summed E-state index contributed by atoms with van der Waals surface area (Å²) in [6, 6.07) is 11.3. The molecule has 7 heteroatoms. The fourth-order valence-corrected chi connectivity index (χ4v) is 6.19. The van der Waals surface area contributed by atoms with Crippen LogP contribution in [0, 0.1) is 17.6 Å². The Morgan fingerprint density at radius 1 is 0.972 bits per heavy atom. The molecule has 0 radical (unpaired) electrons. The first-order valence-electron chi connectivity index (χ1n) is 13.4. The van der Waals surface area contributed by atoms with Gasteiger partial charge in [0.2, 0.25) is 5.91 Å². The minimum atomic E-state index is -0.972. The highest BCUT2D eigenvalue weighted by Crippen LogP contribution is 2.39. The van der Waals surface area contributed by atoms with Gasteiger partial charge in [0.25, 0.3) is 0 Å². The summed E-state index contributed by atoms with van der Waals surface area (Å²) in [5, 5.41) is 13.8. The minimum absolute atomic E-state index is 0.0571. The Balaban J connectivity index is 1.66. The summed E-state index contributed by atoms with van der Waals surface area (Å²) >= 11 is 0. The lowest BCUT2D eigenvalue weighted by atomic mass is 9.82. The SMILES string of the molecule is O=C(NC1CCCCC1)C(C1CCCCC1)n1c(C(CO)c2ccccc2)nc2cc(F)c(F)cc21. The summed E-state index contributed by atoms with van der Waals surface area (Å²) in [6.45, 7) is -0.236. The third-order valence-corrected chi connectivity index (χ3v) is 8.05. The Labute approximate surface area is 210 Å². The number of halogens is 2. The molecule has 2 unspecified atom stereocenters. The molecule has 1 aromatic heterocycles. The Bertz CT molecular complexity index is 1180. The number of hydrogen-bond acceptors (Lipinski definition) is 3. The summed E-state index contributed by atoms with van der Waals surface area (Å²) < 4.78 is 30.6. The number of aliphatic hydroxyl groups excluding tert-OH is 1. The molecule has 0 spiro atoms. The van der Waals surface area contributed by atoms with E-state index in [9.17, 15) is 18.7 Å². The van der Waals surface area contributed by atoms with E-state index in [0.29, 0.717) is 16.9 Å². The van der Waals surface area contributed by atoms with Crippen molar-refractivity contribution in [3.63, 3.8) is 0 Å². The van der Waals surface area contributed by atoms with Gasteiger partial charge in [-0.3, -0.25) is 4.79 Å². The molecule has 36 heavy (non-hydrogen) atoms. The summed E-state index contributed by atoms with van der Waals surface area (Å²) in [6.07, 6.45) is 10.3. The topological polar surface area (TPSA) is 67.2 Å². The van der Waals surface area contributed by atoms with Gasteiger partial charge in [-0.1, -0.05) is 68.9 Å². The fraction of sp³-hybridized carbons (Fsp3) is 0.517. The van der Waals surface area contributed by atoms with Crippen LogP contribution in [0.1, 0.15) is 87.6 Å². The number of aliphatic hydroxyl groups is 1. The summed E-state index contributed by atoms with van der Waals surface area (Å²) in [7, 11) is 0. The number of imidazole rings is 1. The molecule has 192 valence electrons. The van der Waals surface area contributed by atoms with Crippen LogP contribution in [-0.2, 0) is 4.79 Å². The second kappa shape index (κ2) is 11.1. The normalized spacial score (nSPS) is 19.3. The molecule has 2 fully saturated rings. The molecular weight excluding hydrogens is 460 g/mol. The number of amides is 1. The van der Waals surface area contributed by atoms with E-state index < -0.39 is 23.6 Å². The number of carbonyl (C=O) groups is 1. The predicted molar refractivity (Wildman–Crippen MR) is 136 cm³/mol. The molecule has 2 aliphatic carbocycles. The minimum Gasteiger partial charge on any atom is -0.395 e. The molecule has 0 saturated heterocycles. The third-order valence-electron chi connectivity index (χ3n) is 8.05. The summed E-state index contributed by atoms with van der Waals surface area (Å²) in [5.74, 6) is -2.02. The van der Waals surface area contributed by atoms with Crippen LogP contribution in [-0.4, -0.2) is 33.2 Å². The van der Waals surface area contributed by atoms with Crippen molar-refractivity contribution in [3.05, 3.63) is 65.5 Å². The van der Waals surface area contributed by atoms with Gasteiger partial charge < -0.3 is 15.0 Å². The third kappa shape index (κ3) is 5.03. The lowest BCUT2D eigenvalue weighted by Gasteiger charge is -2.34. The first kappa shape index (κ1) is 24.9. The number of fused-ring (bicyclic) bond motifs is 1. The number of nitrogens with zero attached hydrogens (tertiary/aromatic N) is 2. The molecule has 0 aliphatic heterocycles.